The van der Waals surface area contributed by atoms with Gasteiger partial charge in [-0.1, -0.05) is 13.0 Å². The number of carbonyl (C=O) groups is 3. The monoisotopic (exact) mass is 376 g/mol. The average Bonchev–Trinajstić information content (AvgIpc) is 2.57. The minimum Gasteiger partial charge on any atom is -0.466 e. The van der Waals surface area contributed by atoms with Gasteiger partial charge in [-0.05, 0) is 45.4 Å². The molecule has 0 aromatic rings. The van der Waals surface area contributed by atoms with E-state index >= 15 is 0 Å². The smallest absolute Gasteiger partial charge is 0.345 e. The average molecular weight is 377 g/mol. The number of alkyl halides is 1. The van der Waals surface area contributed by atoms with Gasteiger partial charge in [-0.2, -0.15) is 0 Å². The SMILES string of the molecule is CCOC(=O)CCC(C)(C=C(C(=O)OCC)C(=O)OCC)CCCCl. The van der Waals surface area contributed by atoms with E-state index in [0.717, 1.165) is 0 Å². The molecule has 144 valence electrons. The minimum atomic E-state index is -0.728. The fourth-order valence-electron chi connectivity index (χ4n) is 2.33. The molecule has 0 fully saturated rings. The lowest BCUT2D eigenvalue weighted by atomic mass is 9.79. The van der Waals surface area contributed by atoms with Gasteiger partial charge >= 0.3 is 17.9 Å². The number of hydrogen-bond donors (Lipinski definition) is 0. The maximum atomic E-state index is 12.1. The minimum absolute atomic E-state index is 0.148. The van der Waals surface area contributed by atoms with E-state index in [-0.39, 0.29) is 31.2 Å². The van der Waals surface area contributed by atoms with Crippen LogP contribution in [-0.4, -0.2) is 43.6 Å². The molecule has 0 radical (unpaired) electrons. The number of carbonyl (C=O) groups excluding carboxylic acids is 3. The molecule has 0 spiro atoms. The molecule has 1 atom stereocenters. The van der Waals surface area contributed by atoms with Gasteiger partial charge in [-0.15, -0.1) is 11.6 Å². The van der Waals surface area contributed by atoms with Crippen molar-refractivity contribution in [2.75, 3.05) is 25.7 Å². The Labute approximate surface area is 154 Å². The van der Waals surface area contributed by atoms with Crippen LogP contribution in [0.25, 0.3) is 0 Å². The standard InChI is InChI=1S/C18H29ClO6/c1-5-23-15(20)9-11-18(4,10-8-12-19)13-14(16(21)24-6-2)17(22)25-7-3/h13H,5-12H2,1-4H3. The van der Waals surface area contributed by atoms with Crippen LogP contribution in [0.1, 0.15) is 53.4 Å². The Hall–Kier alpha value is -1.56. The molecule has 0 heterocycles. The summed E-state index contributed by atoms with van der Waals surface area (Å²) in [7, 11) is 0. The predicted octanol–water partition coefficient (Wildman–Crippen LogP) is 3.41. The molecule has 0 aromatic heterocycles. The number of halogens is 1. The molecule has 0 aliphatic rings. The first-order valence-corrected chi connectivity index (χ1v) is 9.15. The van der Waals surface area contributed by atoms with Crippen molar-refractivity contribution in [1.29, 1.82) is 0 Å². The Balaban J connectivity index is 5.50. The van der Waals surface area contributed by atoms with Crippen molar-refractivity contribution in [3.05, 3.63) is 11.6 Å². The molecule has 0 bridgehead atoms. The highest BCUT2D eigenvalue weighted by atomic mass is 35.5. The molecule has 6 nitrogen and oxygen atoms in total. The van der Waals surface area contributed by atoms with E-state index in [0.29, 0.717) is 31.7 Å². The maximum absolute atomic E-state index is 12.1. The normalized spacial score (nSPS) is 12.7. The molecular formula is C18H29ClO6. The second kappa shape index (κ2) is 12.8. The zero-order valence-corrected chi connectivity index (χ0v) is 16.3. The van der Waals surface area contributed by atoms with Crippen molar-refractivity contribution in [3.8, 4) is 0 Å². The summed E-state index contributed by atoms with van der Waals surface area (Å²) in [6.45, 7) is 7.54. The molecular weight excluding hydrogens is 348 g/mol. The van der Waals surface area contributed by atoms with E-state index in [2.05, 4.69) is 0 Å². The number of allylic oxidation sites excluding steroid dienone is 1. The first kappa shape index (κ1) is 23.4. The van der Waals surface area contributed by atoms with Crippen LogP contribution < -0.4 is 0 Å². The Morgan fingerprint density at radius 1 is 0.920 bits per heavy atom. The molecule has 25 heavy (non-hydrogen) atoms. The molecule has 0 aliphatic heterocycles. The van der Waals surface area contributed by atoms with Gasteiger partial charge in [0.05, 0.1) is 19.8 Å². The van der Waals surface area contributed by atoms with Crippen LogP contribution in [0.5, 0.6) is 0 Å². The number of esters is 3. The highest BCUT2D eigenvalue weighted by Gasteiger charge is 2.29. The molecule has 0 amide bonds. The van der Waals surface area contributed by atoms with Crippen LogP contribution in [-0.2, 0) is 28.6 Å². The maximum Gasteiger partial charge on any atom is 0.345 e. The summed E-state index contributed by atoms with van der Waals surface area (Å²) >= 11 is 5.79. The fraction of sp³-hybridized carbons (Fsp3) is 0.722. The summed E-state index contributed by atoms with van der Waals surface area (Å²) < 4.78 is 14.9. The molecule has 0 aromatic carbocycles. The van der Waals surface area contributed by atoms with Gasteiger partial charge in [0.15, 0.2) is 0 Å². The van der Waals surface area contributed by atoms with Crippen LogP contribution in [0, 0.1) is 5.41 Å². The lowest BCUT2D eigenvalue weighted by Gasteiger charge is -2.26. The van der Waals surface area contributed by atoms with Gasteiger partial charge in [0.2, 0.25) is 0 Å². The number of rotatable bonds is 12. The number of ether oxygens (including phenoxy) is 3. The summed E-state index contributed by atoms with van der Waals surface area (Å²) in [5.74, 6) is -1.33. The van der Waals surface area contributed by atoms with Crippen molar-refractivity contribution in [2.45, 2.75) is 53.4 Å². The highest BCUT2D eigenvalue weighted by Crippen LogP contribution is 2.33. The Bertz CT molecular complexity index is 454. The van der Waals surface area contributed by atoms with Gasteiger partial charge in [0, 0.05) is 12.3 Å². The van der Waals surface area contributed by atoms with E-state index in [1.165, 1.54) is 0 Å². The molecule has 0 rings (SSSR count). The van der Waals surface area contributed by atoms with E-state index in [4.69, 9.17) is 25.8 Å². The molecule has 1 unspecified atom stereocenters. The summed E-state index contributed by atoms with van der Waals surface area (Å²) in [5.41, 5.74) is -0.735. The highest BCUT2D eigenvalue weighted by molar-refractivity contribution is 6.17. The second-order valence-corrected chi connectivity index (χ2v) is 6.13. The fourth-order valence-corrected chi connectivity index (χ4v) is 2.46. The van der Waals surface area contributed by atoms with Crippen LogP contribution >= 0.6 is 11.6 Å². The molecule has 0 saturated carbocycles. The Kier molecular flexibility index (Phi) is 12.0. The topological polar surface area (TPSA) is 78.9 Å². The van der Waals surface area contributed by atoms with E-state index in [1.807, 2.05) is 6.92 Å². The third-order valence-electron chi connectivity index (χ3n) is 3.57. The van der Waals surface area contributed by atoms with E-state index < -0.39 is 17.4 Å². The zero-order valence-electron chi connectivity index (χ0n) is 15.6. The molecule has 0 aliphatic carbocycles. The van der Waals surface area contributed by atoms with Crippen molar-refractivity contribution in [2.24, 2.45) is 5.41 Å². The lowest BCUT2D eigenvalue weighted by Crippen LogP contribution is -2.24. The van der Waals surface area contributed by atoms with Crippen molar-refractivity contribution < 1.29 is 28.6 Å². The van der Waals surface area contributed by atoms with Crippen molar-refractivity contribution in [3.63, 3.8) is 0 Å². The molecule has 7 heteroatoms. The Morgan fingerprint density at radius 2 is 1.44 bits per heavy atom. The van der Waals surface area contributed by atoms with Crippen molar-refractivity contribution >= 4 is 29.5 Å². The quantitative estimate of drug-likeness (QED) is 0.130. The van der Waals surface area contributed by atoms with Gasteiger partial charge in [-0.25, -0.2) is 9.59 Å². The number of hydrogen-bond acceptors (Lipinski definition) is 6. The van der Waals surface area contributed by atoms with Crippen LogP contribution in [0.3, 0.4) is 0 Å². The van der Waals surface area contributed by atoms with Crippen LogP contribution in [0.2, 0.25) is 0 Å². The summed E-state index contributed by atoms with van der Waals surface area (Å²) in [6, 6.07) is 0. The van der Waals surface area contributed by atoms with Gasteiger partial charge in [0.1, 0.15) is 5.57 Å². The first-order chi connectivity index (χ1) is 11.8. The van der Waals surface area contributed by atoms with Crippen LogP contribution in [0.4, 0.5) is 0 Å². The largest absolute Gasteiger partial charge is 0.466 e. The zero-order chi connectivity index (χ0) is 19.3. The molecule has 0 saturated heterocycles. The van der Waals surface area contributed by atoms with E-state index in [1.54, 1.807) is 26.8 Å². The summed E-state index contributed by atoms with van der Waals surface area (Å²) in [6.07, 6.45) is 3.44. The van der Waals surface area contributed by atoms with Gasteiger partial charge in [0.25, 0.3) is 0 Å². The predicted molar refractivity (Wildman–Crippen MR) is 95.3 cm³/mol. The third-order valence-corrected chi connectivity index (χ3v) is 3.84. The van der Waals surface area contributed by atoms with Crippen LogP contribution in [0.15, 0.2) is 11.6 Å². The Morgan fingerprint density at radius 3 is 1.88 bits per heavy atom. The summed E-state index contributed by atoms with van der Waals surface area (Å²) in [5, 5.41) is 0. The first-order valence-electron chi connectivity index (χ1n) is 8.62. The lowest BCUT2D eigenvalue weighted by molar-refractivity contribution is -0.146. The summed E-state index contributed by atoms with van der Waals surface area (Å²) in [4.78, 5) is 36.0. The van der Waals surface area contributed by atoms with E-state index in [9.17, 15) is 14.4 Å². The van der Waals surface area contributed by atoms with Gasteiger partial charge < -0.3 is 14.2 Å². The van der Waals surface area contributed by atoms with Gasteiger partial charge in [-0.3, -0.25) is 4.79 Å². The third kappa shape index (κ3) is 9.48. The van der Waals surface area contributed by atoms with Crippen molar-refractivity contribution in [1.82, 2.24) is 0 Å². The molecule has 0 N–H and O–H groups in total. The second-order valence-electron chi connectivity index (χ2n) is 5.75.